The predicted molar refractivity (Wildman–Crippen MR) is 83.9 cm³/mol. The maximum atomic E-state index is 11.4. The van der Waals surface area contributed by atoms with Crippen LogP contribution in [0.3, 0.4) is 0 Å². The van der Waals surface area contributed by atoms with E-state index >= 15 is 0 Å². The lowest BCUT2D eigenvalue weighted by atomic mass is 10.2. The second kappa shape index (κ2) is 5.69. The molecule has 0 fully saturated rings. The summed E-state index contributed by atoms with van der Waals surface area (Å²) in [4.78, 5) is 8.96. The van der Waals surface area contributed by atoms with Crippen molar-refractivity contribution in [3.05, 3.63) is 35.7 Å². The van der Waals surface area contributed by atoms with Crippen LogP contribution in [0.25, 0.3) is 0 Å². The van der Waals surface area contributed by atoms with E-state index in [0.29, 0.717) is 16.5 Å². The first-order chi connectivity index (χ1) is 9.81. The molecule has 2 rings (SSSR count). The van der Waals surface area contributed by atoms with Crippen molar-refractivity contribution in [1.82, 2.24) is 9.97 Å². The van der Waals surface area contributed by atoms with E-state index < -0.39 is 9.84 Å². The molecule has 0 saturated carbocycles. The molecule has 1 aromatic carbocycles. The Labute approximate surface area is 124 Å². The minimum absolute atomic E-state index is 0.291. The molecule has 1 aromatic heterocycles. The van der Waals surface area contributed by atoms with Crippen molar-refractivity contribution < 1.29 is 8.42 Å². The third kappa shape index (κ3) is 3.49. The van der Waals surface area contributed by atoms with Crippen LogP contribution >= 0.6 is 0 Å². The van der Waals surface area contributed by atoms with E-state index in [1.54, 1.807) is 31.3 Å². The lowest BCUT2D eigenvalue weighted by Gasteiger charge is -2.12. The summed E-state index contributed by atoms with van der Waals surface area (Å²) in [7, 11) is -1.38. The average molecular weight is 306 g/mol. The zero-order chi connectivity index (χ0) is 15.6. The van der Waals surface area contributed by atoms with Crippen LogP contribution in [-0.4, -0.2) is 31.7 Å². The number of hydrogen-bond acceptors (Lipinski definition) is 6. The minimum atomic E-state index is -3.18. The van der Waals surface area contributed by atoms with Gasteiger partial charge in [0.1, 0.15) is 17.5 Å². The highest BCUT2D eigenvalue weighted by Crippen LogP contribution is 2.24. The molecule has 7 heteroatoms. The maximum absolute atomic E-state index is 11.4. The lowest BCUT2D eigenvalue weighted by Crippen LogP contribution is -2.05. The van der Waals surface area contributed by atoms with Crippen molar-refractivity contribution in [2.24, 2.45) is 0 Å². The fourth-order valence-electron chi connectivity index (χ4n) is 1.92. The molecule has 6 nitrogen and oxygen atoms in total. The standard InChI is InChI=1S/C14H18N4O2S/c1-9-13(15-3)16-10(2)17-14(9)18-11-5-7-12(8-6-11)21(4,19)20/h5-8H,1-4H3,(H2,15,16,17,18). The number of aromatic nitrogens is 2. The van der Waals surface area contributed by atoms with Gasteiger partial charge in [0, 0.05) is 24.6 Å². The van der Waals surface area contributed by atoms with Crippen molar-refractivity contribution in [3.8, 4) is 0 Å². The molecule has 112 valence electrons. The smallest absolute Gasteiger partial charge is 0.175 e. The lowest BCUT2D eigenvalue weighted by molar-refractivity contribution is 0.602. The van der Waals surface area contributed by atoms with E-state index in [9.17, 15) is 8.42 Å². The highest BCUT2D eigenvalue weighted by molar-refractivity contribution is 7.90. The van der Waals surface area contributed by atoms with Gasteiger partial charge < -0.3 is 10.6 Å². The molecular weight excluding hydrogens is 288 g/mol. The Kier molecular flexibility index (Phi) is 4.13. The minimum Gasteiger partial charge on any atom is -0.373 e. The van der Waals surface area contributed by atoms with E-state index in [-0.39, 0.29) is 0 Å². The molecule has 2 aromatic rings. The van der Waals surface area contributed by atoms with E-state index in [4.69, 9.17) is 0 Å². The predicted octanol–water partition coefficient (Wildman–Crippen LogP) is 2.28. The van der Waals surface area contributed by atoms with E-state index in [1.165, 1.54) is 6.26 Å². The van der Waals surface area contributed by atoms with Gasteiger partial charge in [-0.1, -0.05) is 0 Å². The molecule has 0 unspecified atom stereocenters. The summed E-state index contributed by atoms with van der Waals surface area (Å²) in [5, 5.41) is 6.20. The summed E-state index contributed by atoms with van der Waals surface area (Å²) in [6.07, 6.45) is 1.19. The van der Waals surface area contributed by atoms with Gasteiger partial charge in [0.25, 0.3) is 0 Å². The van der Waals surface area contributed by atoms with Gasteiger partial charge in [-0.2, -0.15) is 0 Å². The largest absolute Gasteiger partial charge is 0.373 e. The van der Waals surface area contributed by atoms with Crippen molar-refractivity contribution in [3.63, 3.8) is 0 Å². The molecule has 0 radical (unpaired) electrons. The second-order valence-corrected chi connectivity index (χ2v) is 6.78. The Bertz CT molecular complexity index is 755. The number of benzene rings is 1. The van der Waals surface area contributed by atoms with Gasteiger partial charge >= 0.3 is 0 Å². The van der Waals surface area contributed by atoms with Gasteiger partial charge in [0.2, 0.25) is 0 Å². The van der Waals surface area contributed by atoms with Crippen LogP contribution in [0, 0.1) is 13.8 Å². The number of nitrogens with zero attached hydrogens (tertiary/aromatic N) is 2. The number of rotatable bonds is 4. The summed E-state index contributed by atoms with van der Waals surface area (Å²) in [5.74, 6) is 2.11. The van der Waals surface area contributed by atoms with Crippen molar-refractivity contribution >= 4 is 27.2 Å². The van der Waals surface area contributed by atoms with Crippen LogP contribution < -0.4 is 10.6 Å². The first-order valence-corrected chi connectivity index (χ1v) is 8.30. The van der Waals surface area contributed by atoms with Gasteiger partial charge in [-0.05, 0) is 38.1 Å². The van der Waals surface area contributed by atoms with Gasteiger partial charge in [-0.25, -0.2) is 18.4 Å². The molecular formula is C14H18N4O2S. The molecule has 0 saturated heterocycles. The Morgan fingerprint density at radius 1 is 1.00 bits per heavy atom. The number of hydrogen-bond donors (Lipinski definition) is 2. The van der Waals surface area contributed by atoms with Crippen LogP contribution in [0.4, 0.5) is 17.3 Å². The average Bonchev–Trinajstić information content (AvgIpc) is 2.42. The molecule has 0 aliphatic carbocycles. The maximum Gasteiger partial charge on any atom is 0.175 e. The van der Waals surface area contributed by atoms with Gasteiger partial charge in [-0.3, -0.25) is 0 Å². The molecule has 0 amide bonds. The molecule has 0 aliphatic heterocycles. The number of aryl methyl sites for hydroxylation is 1. The highest BCUT2D eigenvalue weighted by atomic mass is 32.2. The van der Waals surface area contributed by atoms with Crippen LogP contribution in [0.1, 0.15) is 11.4 Å². The normalized spacial score (nSPS) is 11.2. The van der Waals surface area contributed by atoms with Crippen LogP contribution in [0.5, 0.6) is 0 Å². The zero-order valence-electron chi connectivity index (χ0n) is 12.4. The first kappa shape index (κ1) is 15.2. The van der Waals surface area contributed by atoms with Crippen molar-refractivity contribution in [2.75, 3.05) is 23.9 Å². The summed E-state index contributed by atoms with van der Waals surface area (Å²) in [6, 6.07) is 6.57. The Morgan fingerprint density at radius 3 is 2.10 bits per heavy atom. The summed E-state index contributed by atoms with van der Waals surface area (Å²) in [6.45, 7) is 3.73. The number of sulfone groups is 1. The number of nitrogens with one attached hydrogen (secondary N) is 2. The number of anilines is 3. The SMILES string of the molecule is CNc1nc(C)nc(Nc2ccc(S(C)(=O)=O)cc2)c1C. The molecule has 1 heterocycles. The van der Waals surface area contributed by atoms with Crippen LogP contribution in [0.15, 0.2) is 29.2 Å². The fourth-order valence-corrected chi connectivity index (χ4v) is 2.55. The van der Waals surface area contributed by atoms with E-state index in [2.05, 4.69) is 20.6 Å². The second-order valence-electron chi connectivity index (χ2n) is 4.76. The van der Waals surface area contributed by atoms with E-state index in [0.717, 1.165) is 17.1 Å². The van der Waals surface area contributed by atoms with Gasteiger partial charge in [0.15, 0.2) is 9.84 Å². The first-order valence-electron chi connectivity index (χ1n) is 6.41. The zero-order valence-corrected chi connectivity index (χ0v) is 13.2. The third-order valence-corrected chi connectivity index (χ3v) is 4.17. The van der Waals surface area contributed by atoms with Crippen LogP contribution in [0.2, 0.25) is 0 Å². The summed E-state index contributed by atoms with van der Waals surface area (Å²) >= 11 is 0. The van der Waals surface area contributed by atoms with Gasteiger partial charge in [-0.15, -0.1) is 0 Å². The van der Waals surface area contributed by atoms with Crippen molar-refractivity contribution in [2.45, 2.75) is 18.7 Å². The quantitative estimate of drug-likeness (QED) is 0.901. The Hall–Kier alpha value is -2.15. The molecule has 0 spiro atoms. The highest BCUT2D eigenvalue weighted by Gasteiger charge is 2.10. The topological polar surface area (TPSA) is 84.0 Å². The van der Waals surface area contributed by atoms with Crippen LogP contribution in [-0.2, 0) is 9.84 Å². The van der Waals surface area contributed by atoms with E-state index in [1.807, 2.05) is 13.8 Å². The monoisotopic (exact) mass is 306 g/mol. The molecule has 2 N–H and O–H groups in total. The Morgan fingerprint density at radius 2 is 1.57 bits per heavy atom. The molecule has 0 bridgehead atoms. The molecule has 21 heavy (non-hydrogen) atoms. The Balaban J connectivity index is 2.32. The fraction of sp³-hybridized carbons (Fsp3) is 0.286. The van der Waals surface area contributed by atoms with Gasteiger partial charge in [0.05, 0.1) is 4.90 Å². The van der Waals surface area contributed by atoms with Crippen molar-refractivity contribution in [1.29, 1.82) is 0 Å². The molecule has 0 aliphatic rings. The summed E-state index contributed by atoms with van der Waals surface area (Å²) < 4.78 is 22.9. The molecule has 0 atom stereocenters. The third-order valence-electron chi connectivity index (χ3n) is 3.04. The summed E-state index contributed by atoms with van der Waals surface area (Å²) in [5.41, 5.74) is 1.67.